The molecule has 1 saturated carbocycles. The van der Waals surface area contributed by atoms with Crippen LogP contribution < -0.4 is 0 Å². The molecule has 4 atom stereocenters. The van der Waals surface area contributed by atoms with E-state index in [9.17, 15) is 15.0 Å². The highest BCUT2D eigenvalue weighted by molar-refractivity contribution is 5.90. The molecule has 24 heavy (non-hydrogen) atoms. The minimum Gasteiger partial charge on any atom is -0.458 e. The second-order valence-electron chi connectivity index (χ2n) is 8.31. The molecule has 1 fully saturated rings. The van der Waals surface area contributed by atoms with Gasteiger partial charge in [-0.05, 0) is 62.9 Å². The molecular weight excluding hydrogens is 304 g/mol. The third-order valence-corrected chi connectivity index (χ3v) is 7.07. The number of fused-ring (bicyclic) bond motifs is 1. The molecule has 4 nitrogen and oxygen atoms in total. The number of aliphatic hydroxyl groups excluding tert-OH is 2. The van der Waals surface area contributed by atoms with Gasteiger partial charge in [0, 0.05) is 11.0 Å². The molecule has 0 aromatic carbocycles. The van der Waals surface area contributed by atoms with E-state index in [-0.39, 0.29) is 23.9 Å². The third-order valence-electron chi connectivity index (χ3n) is 7.07. The summed E-state index contributed by atoms with van der Waals surface area (Å²) in [6.07, 6.45) is 6.77. The Morgan fingerprint density at radius 3 is 2.67 bits per heavy atom. The van der Waals surface area contributed by atoms with Crippen molar-refractivity contribution < 1.29 is 19.7 Å². The van der Waals surface area contributed by atoms with Gasteiger partial charge in [-0.2, -0.15) is 0 Å². The number of ether oxygens (including phenoxy) is 1. The summed E-state index contributed by atoms with van der Waals surface area (Å²) in [5.41, 5.74) is 3.22. The van der Waals surface area contributed by atoms with E-state index in [4.69, 9.17) is 4.74 Å². The predicted molar refractivity (Wildman–Crippen MR) is 92.2 cm³/mol. The Hall–Kier alpha value is -1.13. The van der Waals surface area contributed by atoms with E-state index in [1.165, 1.54) is 11.1 Å². The molecule has 4 unspecified atom stereocenters. The van der Waals surface area contributed by atoms with E-state index in [0.717, 1.165) is 44.1 Å². The fraction of sp³-hybridized carbons (Fsp3) is 0.750. The summed E-state index contributed by atoms with van der Waals surface area (Å²) in [5, 5.41) is 20.5. The Morgan fingerprint density at radius 1 is 1.29 bits per heavy atom. The molecule has 4 heteroatoms. The molecule has 0 bridgehead atoms. The number of carbonyl (C=O) groups excluding carboxylic acids is 1. The molecule has 134 valence electrons. The van der Waals surface area contributed by atoms with Crippen molar-refractivity contribution in [2.75, 3.05) is 13.2 Å². The maximum absolute atomic E-state index is 11.7. The molecule has 3 rings (SSSR count). The Balaban J connectivity index is 1.86. The Labute approximate surface area is 144 Å². The van der Waals surface area contributed by atoms with Crippen LogP contribution in [0.15, 0.2) is 22.8 Å². The van der Waals surface area contributed by atoms with E-state index in [1.54, 1.807) is 0 Å². The first-order valence-electron chi connectivity index (χ1n) is 9.17. The Morgan fingerprint density at radius 2 is 2.04 bits per heavy atom. The topological polar surface area (TPSA) is 66.8 Å². The van der Waals surface area contributed by atoms with Crippen molar-refractivity contribution in [2.24, 2.45) is 16.7 Å². The third kappa shape index (κ3) is 2.64. The van der Waals surface area contributed by atoms with E-state index in [1.807, 2.05) is 13.0 Å². The maximum atomic E-state index is 11.7. The summed E-state index contributed by atoms with van der Waals surface area (Å²) in [5.74, 6) is 0.104. The SMILES string of the molecule is CC1=C(CCC2=CCOC2=O)C2(C)CCC(O)C(C)(CO)C2CC1. The first-order chi connectivity index (χ1) is 11.3. The number of esters is 1. The van der Waals surface area contributed by atoms with Gasteiger partial charge in [-0.15, -0.1) is 0 Å². The van der Waals surface area contributed by atoms with Gasteiger partial charge < -0.3 is 14.9 Å². The van der Waals surface area contributed by atoms with Crippen molar-refractivity contribution in [3.8, 4) is 0 Å². The predicted octanol–water partition coefficient (Wildman–Crippen LogP) is 3.14. The lowest BCUT2D eigenvalue weighted by Crippen LogP contribution is -2.55. The molecule has 1 heterocycles. The molecule has 0 amide bonds. The second kappa shape index (κ2) is 6.30. The number of rotatable bonds is 4. The van der Waals surface area contributed by atoms with Crippen LogP contribution >= 0.6 is 0 Å². The number of aliphatic hydroxyl groups is 2. The summed E-state index contributed by atoms with van der Waals surface area (Å²) in [6.45, 7) is 6.98. The second-order valence-corrected chi connectivity index (χ2v) is 8.31. The van der Waals surface area contributed by atoms with Gasteiger partial charge in [-0.3, -0.25) is 0 Å². The maximum Gasteiger partial charge on any atom is 0.334 e. The molecule has 0 aromatic heterocycles. The monoisotopic (exact) mass is 334 g/mol. The molecule has 0 radical (unpaired) electrons. The van der Waals surface area contributed by atoms with Gasteiger partial charge in [0.1, 0.15) is 6.61 Å². The van der Waals surface area contributed by atoms with Crippen molar-refractivity contribution in [3.05, 3.63) is 22.8 Å². The van der Waals surface area contributed by atoms with Gasteiger partial charge >= 0.3 is 5.97 Å². The fourth-order valence-corrected chi connectivity index (χ4v) is 5.48. The van der Waals surface area contributed by atoms with E-state index in [0.29, 0.717) is 6.61 Å². The molecule has 1 aliphatic heterocycles. The molecule has 2 aliphatic carbocycles. The van der Waals surface area contributed by atoms with Crippen LogP contribution in [-0.2, 0) is 9.53 Å². The fourth-order valence-electron chi connectivity index (χ4n) is 5.48. The molecule has 0 aromatic rings. The van der Waals surface area contributed by atoms with Crippen LogP contribution in [0.2, 0.25) is 0 Å². The van der Waals surface area contributed by atoms with Crippen molar-refractivity contribution in [2.45, 2.75) is 65.4 Å². The van der Waals surface area contributed by atoms with E-state index < -0.39 is 11.5 Å². The number of allylic oxidation sites excluding steroid dienone is 2. The number of cyclic esters (lactones) is 1. The highest BCUT2D eigenvalue weighted by Gasteiger charge is 2.55. The van der Waals surface area contributed by atoms with Crippen LogP contribution in [0.1, 0.15) is 59.3 Å². The lowest BCUT2D eigenvalue weighted by atomic mass is 9.48. The summed E-state index contributed by atoms with van der Waals surface area (Å²) in [6, 6.07) is 0. The van der Waals surface area contributed by atoms with Crippen LogP contribution in [0, 0.1) is 16.7 Å². The van der Waals surface area contributed by atoms with Crippen LogP contribution in [0.4, 0.5) is 0 Å². The molecule has 0 spiro atoms. The van der Waals surface area contributed by atoms with E-state index >= 15 is 0 Å². The molecule has 0 saturated heterocycles. The van der Waals surface area contributed by atoms with Crippen LogP contribution in [0.25, 0.3) is 0 Å². The summed E-state index contributed by atoms with van der Waals surface area (Å²) in [4.78, 5) is 11.7. The normalized spacial score (nSPS) is 39.5. The van der Waals surface area contributed by atoms with Gasteiger partial charge in [-0.1, -0.05) is 25.0 Å². The van der Waals surface area contributed by atoms with Gasteiger partial charge in [0.05, 0.1) is 12.7 Å². The summed E-state index contributed by atoms with van der Waals surface area (Å²) < 4.78 is 5.01. The average molecular weight is 334 g/mol. The highest BCUT2D eigenvalue weighted by Crippen LogP contribution is 2.60. The van der Waals surface area contributed by atoms with Crippen molar-refractivity contribution in [1.82, 2.24) is 0 Å². The van der Waals surface area contributed by atoms with Crippen LogP contribution in [0.3, 0.4) is 0 Å². The zero-order valence-corrected chi connectivity index (χ0v) is 15.1. The molecule has 2 N–H and O–H groups in total. The Bertz CT molecular complexity index is 590. The summed E-state index contributed by atoms with van der Waals surface area (Å²) in [7, 11) is 0. The zero-order valence-electron chi connectivity index (χ0n) is 15.1. The number of hydrogen-bond donors (Lipinski definition) is 2. The molecular formula is C20H30O4. The lowest BCUT2D eigenvalue weighted by Gasteiger charge is -2.57. The summed E-state index contributed by atoms with van der Waals surface area (Å²) >= 11 is 0. The first-order valence-corrected chi connectivity index (χ1v) is 9.17. The minimum absolute atomic E-state index is 0.00210. The van der Waals surface area contributed by atoms with Crippen molar-refractivity contribution >= 4 is 5.97 Å². The Kier molecular flexibility index (Phi) is 4.65. The van der Waals surface area contributed by atoms with Crippen molar-refractivity contribution in [3.63, 3.8) is 0 Å². The van der Waals surface area contributed by atoms with Crippen LogP contribution in [0.5, 0.6) is 0 Å². The minimum atomic E-state index is -0.440. The lowest BCUT2D eigenvalue weighted by molar-refractivity contribution is -0.136. The van der Waals surface area contributed by atoms with Crippen LogP contribution in [-0.4, -0.2) is 35.5 Å². The largest absolute Gasteiger partial charge is 0.458 e. The van der Waals surface area contributed by atoms with Gasteiger partial charge in [0.15, 0.2) is 0 Å². The number of carbonyl (C=O) groups is 1. The van der Waals surface area contributed by atoms with Gasteiger partial charge in [0.25, 0.3) is 0 Å². The zero-order chi connectivity index (χ0) is 17.5. The standard InChI is InChI=1S/C20H30O4/c1-13-4-7-16-19(2,10-8-17(22)20(16,3)12-21)15(13)6-5-14-9-11-24-18(14)23/h9,16-17,21-22H,4-8,10-12H2,1-3H3. The molecule has 3 aliphatic rings. The average Bonchev–Trinajstić information content (AvgIpc) is 2.96. The van der Waals surface area contributed by atoms with E-state index in [2.05, 4.69) is 13.8 Å². The van der Waals surface area contributed by atoms with Gasteiger partial charge in [-0.25, -0.2) is 4.79 Å². The van der Waals surface area contributed by atoms with Gasteiger partial charge in [0.2, 0.25) is 0 Å². The highest BCUT2D eigenvalue weighted by atomic mass is 16.5. The number of hydrogen-bond acceptors (Lipinski definition) is 4. The smallest absolute Gasteiger partial charge is 0.334 e. The first kappa shape index (κ1) is 17.7. The van der Waals surface area contributed by atoms with Crippen molar-refractivity contribution in [1.29, 1.82) is 0 Å². The quantitative estimate of drug-likeness (QED) is 0.612.